The van der Waals surface area contributed by atoms with E-state index >= 15 is 0 Å². The van der Waals surface area contributed by atoms with Gasteiger partial charge in [-0.3, -0.25) is 14.4 Å². The zero-order chi connectivity index (χ0) is 22.6. The van der Waals surface area contributed by atoms with E-state index in [2.05, 4.69) is 17.2 Å². The molecule has 1 aromatic carbocycles. The molecule has 1 aromatic rings. The molecular weight excluding hydrogens is 392 g/mol. The summed E-state index contributed by atoms with van der Waals surface area (Å²) in [5.74, 6) is -2.91. The third kappa shape index (κ3) is 7.23. The van der Waals surface area contributed by atoms with Gasteiger partial charge in [0.05, 0.1) is 20.3 Å². The molecule has 0 bridgehead atoms. The normalized spacial score (nSPS) is 12.1. The SMILES string of the molecule is C=CCC(Cc1ccc(OC)cc1)(NC(=O)C(=O)NCC(=O)OCC)C(=O)OCC. The van der Waals surface area contributed by atoms with Gasteiger partial charge in [0, 0.05) is 6.42 Å². The molecule has 0 aliphatic rings. The highest BCUT2D eigenvalue weighted by Gasteiger charge is 2.41. The summed E-state index contributed by atoms with van der Waals surface area (Å²) < 4.78 is 15.0. The summed E-state index contributed by atoms with van der Waals surface area (Å²) in [6, 6.07) is 6.91. The predicted octanol–water partition coefficient (Wildman–Crippen LogP) is 0.911. The molecule has 0 saturated carbocycles. The van der Waals surface area contributed by atoms with Crippen LogP contribution in [0.2, 0.25) is 0 Å². The van der Waals surface area contributed by atoms with Gasteiger partial charge in [-0.1, -0.05) is 18.2 Å². The van der Waals surface area contributed by atoms with E-state index in [4.69, 9.17) is 14.2 Å². The van der Waals surface area contributed by atoms with Gasteiger partial charge in [0.1, 0.15) is 17.8 Å². The first kappa shape index (κ1) is 24.7. The van der Waals surface area contributed by atoms with Crippen LogP contribution in [0.25, 0.3) is 0 Å². The molecule has 164 valence electrons. The van der Waals surface area contributed by atoms with E-state index in [1.807, 2.05) is 0 Å². The van der Waals surface area contributed by atoms with Gasteiger partial charge >= 0.3 is 23.8 Å². The molecule has 2 N–H and O–H groups in total. The van der Waals surface area contributed by atoms with Crippen molar-refractivity contribution in [2.24, 2.45) is 0 Å². The van der Waals surface area contributed by atoms with Gasteiger partial charge in [0.2, 0.25) is 0 Å². The van der Waals surface area contributed by atoms with Crippen molar-refractivity contribution in [3.8, 4) is 5.75 Å². The monoisotopic (exact) mass is 420 g/mol. The molecule has 0 radical (unpaired) electrons. The van der Waals surface area contributed by atoms with E-state index in [1.165, 1.54) is 13.2 Å². The average molecular weight is 420 g/mol. The lowest BCUT2D eigenvalue weighted by Gasteiger charge is -2.31. The topological polar surface area (TPSA) is 120 Å². The number of benzene rings is 1. The van der Waals surface area contributed by atoms with Crippen LogP contribution in [0.5, 0.6) is 5.75 Å². The molecule has 0 aliphatic carbocycles. The average Bonchev–Trinajstić information content (AvgIpc) is 2.73. The van der Waals surface area contributed by atoms with Gasteiger partial charge in [0.15, 0.2) is 0 Å². The summed E-state index contributed by atoms with van der Waals surface area (Å²) in [5.41, 5.74) is -0.844. The maximum absolute atomic E-state index is 12.8. The molecule has 0 fully saturated rings. The number of carbonyl (C=O) groups excluding carboxylic acids is 4. The molecular formula is C21H28N2O7. The minimum Gasteiger partial charge on any atom is -0.497 e. The van der Waals surface area contributed by atoms with Crippen molar-refractivity contribution in [3.63, 3.8) is 0 Å². The van der Waals surface area contributed by atoms with Crippen LogP contribution in [-0.4, -0.2) is 56.2 Å². The lowest BCUT2D eigenvalue weighted by molar-refractivity contribution is -0.154. The second-order valence-electron chi connectivity index (χ2n) is 6.26. The molecule has 9 heteroatoms. The summed E-state index contributed by atoms with van der Waals surface area (Å²) in [6.07, 6.45) is 1.53. The number of ether oxygens (including phenoxy) is 3. The number of nitrogens with one attached hydrogen (secondary N) is 2. The van der Waals surface area contributed by atoms with Crippen molar-refractivity contribution in [2.75, 3.05) is 26.9 Å². The summed E-state index contributed by atoms with van der Waals surface area (Å²) in [4.78, 5) is 48.7. The van der Waals surface area contributed by atoms with Gasteiger partial charge in [-0.15, -0.1) is 6.58 Å². The lowest BCUT2D eigenvalue weighted by atomic mass is 9.87. The quantitative estimate of drug-likeness (QED) is 0.310. The molecule has 1 rings (SSSR count). The molecule has 0 aliphatic heterocycles. The molecule has 0 spiro atoms. The van der Waals surface area contributed by atoms with Crippen molar-refractivity contribution in [2.45, 2.75) is 32.2 Å². The van der Waals surface area contributed by atoms with Crippen LogP contribution in [0, 0.1) is 0 Å². The fourth-order valence-corrected chi connectivity index (χ4v) is 2.70. The van der Waals surface area contributed by atoms with E-state index in [0.29, 0.717) is 11.3 Å². The highest BCUT2D eigenvalue weighted by molar-refractivity contribution is 6.35. The number of amides is 2. The van der Waals surface area contributed by atoms with Crippen LogP contribution in [0.3, 0.4) is 0 Å². The van der Waals surface area contributed by atoms with Gasteiger partial charge in [-0.2, -0.15) is 0 Å². The lowest BCUT2D eigenvalue weighted by Crippen LogP contribution is -2.59. The summed E-state index contributed by atoms with van der Waals surface area (Å²) in [7, 11) is 1.53. The molecule has 2 amide bonds. The summed E-state index contributed by atoms with van der Waals surface area (Å²) in [6.45, 7) is 6.67. The third-order valence-corrected chi connectivity index (χ3v) is 4.08. The number of rotatable bonds is 11. The zero-order valence-corrected chi connectivity index (χ0v) is 17.5. The van der Waals surface area contributed by atoms with Crippen LogP contribution < -0.4 is 15.4 Å². The second-order valence-corrected chi connectivity index (χ2v) is 6.26. The standard InChI is InChI=1S/C21H28N2O7/c1-5-12-21(20(27)30-7-3,13-15-8-10-16(28-4)11-9-15)23-19(26)18(25)22-14-17(24)29-6-2/h5,8-11H,1,6-7,12-14H2,2-4H3,(H,22,25)(H,23,26). The molecule has 0 saturated heterocycles. The van der Waals surface area contributed by atoms with Crippen LogP contribution >= 0.6 is 0 Å². The van der Waals surface area contributed by atoms with Crippen molar-refractivity contribution in [1.82, 2.24) is 10.6 Å². The molecule has 0 heterocycles. The van der Waals surface area contributed by atoms with E-state index in [0.717, 1.165) is 0 Å². The Morgan fingerprint density at radius 3 is 2.20 bits per heavy atom. The van der Waals surface area contributed by atoms with E-state index in [1.54, 1.807) is 38.1 Å². The molecule has 9 nitrogen and oxygen atoms in total. The number of carbonyl (C=O) groups is 4. The predicted molar refractivity (Wildman–Crippen MR) is 109 cm³/mol. The van der Waals surface area contributed by atoms with E-state index in [9.17, 15) is 19.2 Å². The van der Waals surface area contributed by atoms with Crippen LogP contribution in [0.1, 0.15) is 25.8 Å². The minimum atomic E-state index is -1.55. The smallest absolute Gasteiger partial charge is 0.332 e. The molecule has 1 unspecified atom stereocenters. The largest absolute Gasteiger partial charge is 0.497 e. The third-order valence-electron chi connectivity index (χ3n) is 4.08. The first-order chi connectivity index (χ1) is 14.3. The second kappa shape index (κ2) is 12.3. The number of esters is 2. The fourth-order valence-electron chi connectivity index (χ4n) is 2.70. The first-order valence-corrected chi connectivity index (χ1v) is 9.48. The maximum atomic E-state index is 12.8. The Labute approximate surface area is 175 Å². The van der Waals surface area contributed by atoms with Gasteiger partial charge in [-0.05, 0) is 38.0 Å². The Morgan fingerprint density at radius 2 is 1.67 bits per heavy atom. The van der Waals surface area contributed by atoms with Crippen LogP contribution in [0.4, 0.5) is 0 Å². The highest BCUT2D eigenvalue weighted by atomic mass is 16.5. The molecule has 30 heavy (non-hydrogen) atoms. The van der Waals surface area contributed by atoms with Gasteiger partial charge in [0.25, 0.3) is 0 Å². The Kier molecular flexibility index (Phi) is 10.1. The Morgan fingerprint density at radius 1 is 1.03 bits per heavy atom. The number of hydrogen-bond donors (Lipinski definition) is 2. The maximum Gasteiger partial charge on any atom is 0.332 e. The van der Waals surface area contributed by atoms with Crippen molar-refractivity contribution in [1.29, 1.82) is 0 Å². The van der Waals surface area contributed by atoms with Crippen molar-refractivity contribution >= 4 is 23.8 Å². The Bertz CT molecular complexity index is 761. The first-order valence-electron chi connectivity index (χ1n) is 9.48. The van der Waals surface area contributed by atoms with E-state index < -0.39 is 35.8 Å². The van der Waals surface area contributed by atoms with Crippen LogP contribution in [0.15, 0.2) is 36.9 Å². The Hall–Kier alpha value is -3.36. The van der Waals surface area contributed by atoms with Crippen molar-refractivity contribution < 1.29 is 33.4 Å². The summed E-state index contributed by atoms with van der Waals surface area (Å²) in [5, 5.41) is 4.63. The molecule has 0 aromatic heterocycles. The van der Waals surface area contributed by atoms with E-state index in [-0.39, 0.29) is 26.1 Å². The number of methoxy groups -OCH3 is 1. The Balaban J connectivity index is 3.07. The van der Waals surface area contributed by atoms with Gasteiger partial charge < -0.3 is 24.8 Å². The van der Waals surface area contributed by atoms with Crippen molar-refractivity contribution in [3.05, 3.63) is 42.5 Å². The van der Waals surface area contributed by atoms with Gasteiger partial charge in [-0.25, -0.2) is 4.79 Å². The zero-order valence-electron chi connectivity index (χ0n) is 17.5. The fraction of sp³-hybridized carbons (Fsp3) is 0.429. The van der Waals surface area contributed by atoms with Crippen LogP contribution in [-0.2, 0) is 35.1 Å². The highest BCUT2D eigenvalue weighted by Crippen LogP contribution is 2.22. The summed E-state index contributed by atoms with van der Waals surface area (Å²) >= 11 is 0. The molecule has 1 atom stereocenters. The minimum absolute atomic E-state index is 0.0226. The number of hydrogen-bond acceptors (Lipinski definition) is 7.